The van der Waals surface area contributed by atoms with E-state index in [1.807, 2.05) is 0 Å². The van der Waals surface area contributed by atoms with E-state index < -0.39 is 61.5 Å². The minimum atomic E-state index is -5.98. The smallest absolute Gasteiger partial charge is 0.407 e. The molecule has 1 fully saturated rings. The topological polar surface area (TPSA) is 203 Å². The summed E-state index contributed by atoms with van der Waals surface area (Å²) in [6.07, 6.45) is -3.93. The van der Waals surface area contributed by atoms with Gasteiger partial charge in [0.05, 0.1) is 18.5 Å². The number of fused-ring (bicyclic) bond motifs is 1. The largest absolute Gasteiger partial charge is 0.507 e. The van der Waals surface area contributed by atoms with Gasteiger partial charge in [0, 0.05) is 0 Å². The number of nitrogens with zero attached hydrogens (tertiary/aromatic N) is 4. The number of hydrogen-bond donors (Lipinski definition) is 5. The fourth-order valence-corrected chi connectivity index (χ4v) is 4.25. The molecular weight excluding hydrogens is 483 g/mol. The highest BCUT2D eigenvalue weighted by atomic mass is 31.2. The zero-order chi connectivity index (χ0) is 24.8. The fourth-order valence-electron chi connectivity index (χ4n) is 3.36. The van der Waals surface area contributed by atoms with E-state index in [-0.39, 0.29) is 17.0 Å². The predicted octanol–water partition coefficient (Wildman–Crippen LogP) is 0.411. The number of nitrogens with two attached hydrogens (primary N) is 1. The maximum absolute atomic E-state index is 14.5. The Bertz CT molecular complexity index is 1290. The number of anilines is 1. The van der Waals surface area contributed by atoms with Crippen LogP contribution in [0.3, 0.4) is 0 Å². The minimum Gasteiger partial charge on any atom is -0.507 e. The molecule has 6 N–H and O–H groups in total. The predicted molar refractivity (Wildman–Crippen MR) is 109 cm³/mol. The first kappa shape index (κ1) is 24.1. The molecule has 4 rings (SSSR count). The van der Waals surface area contributed by atoms with Crippen molar-refractivity contribution in [3.63, 3.8) is 0 Å². The van der Waals surface area contributed by atoms with Gasteiger partial charge in [-0.25, -0.2) is 15.0 Å². The summed E-state index contributed by atoms with van der Waals surface area (Å²) in [6, 6.07) is 4.25. The van der Waals surface area contributed by atoms with Crippen molar-refractivity contribution in [2.75, 3.05) is 12.3 Å². The van der Waals surface area contributed by atoms with Crippen LogP contribution in [-0.4, -0.2) is 76.1 Å². The number of carbonyl (C=O) groups is 1. The standard InChI is InChI=1S/C18H18F2N5O8P/c19-18(20,14(29)8-3-1-2-4-9(8)26)34(30,31)32-5-10-12(27)13(28)17(33-10)25-7-24-11-15(21)22-6-23-16(11)25/h1-4,6-7,10,12-13,17,26-28H,5H2,(H,30,31)(H2,21,22,23)/t10-,12?,13?,17-/m1/s1. The summed E-state index contributed by atoms with van der Waals surface area (Å²) in [7, 11) is -5.98. The van der Waals surface area contributed by atoms with Crippen LogP contribution in [0.15, 0.2) is 36.9 Å². The zero-order valence-corrected chi connectivity index (χ0v) is 17.9. The molecule has 16 heteroatoms. The lowest BCUT2D eigenvalue weighted by Gasteiger charge is -2.23. The Morgan fingerprint density at radius 2 is 1.94 bits per heavy atom. The Hall–Kier alpha value is -3.07. The average Bonchev–Trinajstić information content (AvgIpc) is 3.34. The van der Waals surface area contributed by atoms with Crippen molar-refractivity contribution in [2.24, 2.45) is 0 Å². The van der Waals surface area contributed by atoms with E-state index >= 15 is 0 Å². The van der Waals surface area contributed by atoms with Crippen LogP contribution in [0.25, 0.3) is 11.2 Å². The molecule has 182 valence electrons. The molecule has 1 saturated heterocycles. The molecule has 3 heterocycles. The van der Waals surface area contributed by atoms with E-state index in [0.717, 1.165) is 18.5 Å². The van der Waals surface area contributed by atoms with Crippen LogP contribution in [0.5, 0.6) is 5.75 Å². The van der Waals surface area contributed by atoms with Gasteiger partial charge in [-0.05, 0) is 12.1 Å². The van der Waals surface area contributed by atoms with Gasteiger partial charge in [0.25, 0.3) is 0 Å². The molecule has 3 aromatic rings. The molecule has 0 spiro atoms. The van der Waals surface area contributed by atoms with Crippen LogP contribution in [0.1, 0.15) is 16.6 Å². The fraction of sp³-hybridized carbons (Fsp3) is 0.333. The van der Waals surface area contributed by atoms with Crippen molar-refractivity contribution >= 4 is 30.4 Å². The number of ketones is 1. The van der Waals surface area contributed by atoms with Gasteiger partial charge in [-0.15, -0.1) is 0 Å². The summed E-state index contributed by atoms with van der Waals surface area (Å²) in [5.41, 5.74) is 0.198. The third-order valence-corrected chi connectivity index (χ3v) is 6.60. The molecule has 3 unspecified atom stereocenters. The highest BCUT2D eigenvalue weighted by Gasteiger charge is 2.59. The summed E-state index contributed by atoms with van der Waals surface area (Å²) >= 11 is 0. The third-order valence-electron chi connectivity index (χ3n) is 5.19. The second-order valence-electron chi connectivity index (χ2n) is 7.33. The lowest BCUT2D eigenvalue weighted by atomic mass is 10.1. The molecule has 5 atom stereocenters. The number of benzene rings is 1. The number of ether oxygens (including phenoxy) is 1. The molecule has 13 nitrogen and oxygen atoms in total. The molecule has 2 aromatic heterocycles. The summed E-state index contributed by atoms with van der Waals surface area (Å²) in [5, 5.41) is 30.3. The number of rotatable bonds is 7. The number of halogens is 2. The zero-order valence-electron chi connectivity index (χ0n) is 17.0. The van der Waals surface area contributed by atoms with E-state index in [0.29, 0.717) is 0 Å². The number of para-hydroxylation sites is 1. The Morgan fingerprint density at radius 3 is 2.65 bits per heavy atom. The Balaban J connectivity index is 1.50. The number of aromatic nitrogens is 4. The molecule has 1 aliphatic heterocycles. The number of hydrogen-bond acceptors (Lipinski definition) is 11. The van der Waals surface area contributed by atoms with Gasteiger partial charge >= 0.3 is 13.3 Å². The summed E-state index contributed by atoms with van der Waals surface area (Å²) in [4.78, 5) is 33.7. The quantitative estimate of drug-likeness (QED) is 0.221. The first-order valence-corrected chi connectivity index (χ1v) is 11.2. The molecule has 0 aliphatic carbocycles. The number of aromatic hydroxyl groups is 1. The van der Waals surface area contributed by atoms with E-state index in [4.69, 9.17) is 10.5 Å². The van der Waals surface area contributed by atoms with Crippen LogP contribution < -0.4 is 5.73 Å². The highest BCUT2D eigenvalue weighted by molar-refractivity contribution is 7.55. The first-order valence-electron chi connectivity index (χ1n) is 9.58. The van der Waals surface area contributed by atoms with Gasteiger partial charge in [0.15, 0.2) is 17.7 Å². The molecule has 1 aliphatic rings. The number of aliphatic hydroxyl groups excluding tert-OH is 2. The minimum absolute atomic E-state index is 0.0363. The van der Waals surface area contributed by atoms with Crippen LogP contribution >= 0.6 is 7.60 Å². The maximum atomic E-state index is 14.5. The second kappa shape index (κ2) is 8.61. The maximum Gasteiger partial charge on any atom is 0.407 e. The highest BCUT2D eigenvalue weighted by Crippen LogP contribution is 2.59. The summed E-state index contributed by atoms with van der Waals surface area (Å²) in [6.45, 7) is -1.09. The number of aliphatic hydroxyl groups is 2. The van der Waals surface area contributed by atoms with Gasteiger partial charge in [-0.1, -0.05) is 12.1 Å². The lowest BCUT2D eigenvalue weighted by molar-refractivity contribution is -0.0513. The molecule has 0 radical (unpaired) electrons. The Morgan fingerprint density at radius 1 is 1.24 bits per heavy atom. The van der Waals surface area contributed by atoms with Gasteiger partial charge < -0.3 is 35.2 Å². The van der Waals surface area contributed by atoms with Gasteiger partial charge in [0.2, 0.25) is 5.78 Å². The summed E-state index contributed by atoms with van der Waals surface area (Å²) < 4.78 is 52.4. The van der Waals surface area contributed by atoms with Gasteiger partial charge in [-0.2, -0.15) is 8.78 Å². The number of carbonyl (C=O) groups excluding carboxylic acids is 1. The molecule has 1 aromatic carbocycles. The molecule has 0 saturated carbocycles. The first-order chi connectivity index (χ1) is 16.0. The van der Waals surface area contributed by atoms with Crippen LogP contribution in [0.2, 0.25) is 0 Å². The SMILES string of the molecule is Nc1ncnc2c1ncn2[C@@H]1O[C@H](COP(=O)(O)C(F)(F)C(=O)c2ccccc2O)C(O)C1O. The normalized spacial score (nSPS) is 24.9. The van der Waals surface area contributed by atoms with E-state index in [9.17, 15) is 38.4 Å². The molecular formula is C18H18F2N5O8P. The molecule has 0 bridgehead atoms. The van der Waals surface area contributed by atoms with Crippen molar-refractivity contribution in [3.05, 3.63) is 42.5 Å². The van der Waals surface area contributed by atoms with Crippen molar-refractivity contribution in [1.29, 1.82) is 0 Å². The van der Waals surface area contributed by atoms with E-state index in [1.54, 1.807) is 0 Å². The number of Topliss-reactive ketones (excluding diaryl/α,β-unsaturated/α-hetero) is 1. The Labute approximate surface area is 188 Å². The number of nitrogen functional groups attached to an aromatic ring is 1. The van der Waals surface area contributed by atoms with Crippen molar-refractivity contribution in [3.8, 4) is 5.75 Å². The number of phenolic OH excluding ortho intramolecular Hbond substituents is 1. The summed E-state index contributed by atoms with van der Waals surface area (Å²) in [5.74, 6) is -2.91. The van der Waals surface area contributed by atoms with Crippen molar-refractivity contribution in [1.82, 2.24) is 19.5 Å². The monoisotopic (exact) mass is 501 g/mol. The van der Waals surface area contributed by atoms with Crippen molar-refractivity contribution < 1.29 is 47.6 Å². The average molecular weight is 501 g/mol. The third kappa shape index (κ3) is 3.91. The second-order valence-corrected chi connectivity index (χ2v) is 9.19. The van der Waals surface area contributed by atoms with Crippen LogP contribution in [0, 0.1) is 0 Å². The van der Waals surface area contributed by atoms with Crippen LogP contribution in [0.4, 0.5) is 14.6 Å². The van der Waals surface area contributed by atoms with Gasteiger partial charge in [0.1, 0.15) is 35.9 Å². The van der Waals surface area contributed by atoms with Crippen LogP contribution in [-0.2, 0) is 13.8 Å². The van der Waals surface area contributed by atoms with Gasteiger partial charge in [-0.3, -0.25) is 13.9 Å². The lowest BCUT2D eigenvalue weighted by Crippen LogP contribution is -2.35. The van der Waals surface area contributed by atoms with E-state index in [2.05, 4.69) is 19.5 Å². The number of phenols is 1. The molecule has 34 heavy (non-hydrogen) atoms. The number of alkyl halides is 2. The molecule has 0 amide bonds. The van der Waals surface area contributed by atoms with Crippen molar-refractivity contribution in [2.45, 2.75) is 30.2 Å². The Kier molecular flexibility index (Phi) is 6.10. The number of imidazole rings is 1. The van der Waals surface area contributed by atoms with E-state index in [1.165, 1.54) is 23.0 Å².